The molecular formula is C8H14O. The monoisotopic (exact) mass is 126 g/mol. The smallest absolute Gasteiger partial charge is 0.108 e. The molecule has 0 fully saturated rings. The van der Waals surface area contributed by atoms with E-state index in [0.717, 1.165) is 6.42 Å². The second-order valence-electron chi connectivity index (χ2n) is 2.61. The molecular weight excluding hydrogens is 112 g/mol. The van der Waals surface area contributed by atoms with E-state index in [-0.39, 0.29) is 5.60 Å². The molecule has 0 amide bonds. The van der Waals surface area contributed by atoms with Crippen LogP contribution < -0.4 is 0 Å². The fourth-order valence-corrected chi connectivity index (χ4v) is 0.339. The Kier molecular flexibility index (Phi) is 3.34. The molecule has 0 aliphatic rings. The van der Waals surface area contributed by atoms with Crippen molar-refractivity contribution in [3.05, 3.63) is 0 Å². The van der Waals surface area contributed by atoms with Crippen molar-refractivity contribution in [1.29, 1.82) is 0 Å². The lowest BCUT2D eigenvalue weighted by molar-refractivity contribution is -0.000508. The zero-order chi connectivity index (χ0) is 7.33. The fourth-order valence-electron chi connectivity index (χ4n) is 0.339. The van der Waals surface area contributed by atoms with Crippen molar-refractivity contribution in [3.8, 4) is 12.3 Å². The highest BCUT2D eigenvalue weighted by Crippen LogP contribution is 2.12. The third-order valence-corrected chi connectivity index (χ3v) is 1.40. The summed E-state index contributed by atoms with van der Waals surface area (Å²) in [6, 6.07) is 0. The predicted octanol–water partition coefficient (Wildman–Crippen LogP) is 1.82. The van der Waals surface area contributed by atoms with E-state index in [9.17, 15) is 0 Å². The number of rotatable bonds is 3. The SMILES string of the molecule is C#CCOC(C)(C)CC. The van der Waals surface area contributed by atoms with Crippen molar-refractivity contribution in [2.24, 2.45) is 0 Å². The molecule has 0 heterocycles. The lowest BCUT2D eigenvalue weighted by Gasteiger charge is -2.21. The van der Waals surface area contributed by atoms with E-state index in [1.165, 1.54) is 0 Å². The largest absolute Gasteiger partial charge is 0.363 e. The Morgan fingerprint density at radius 2 is 2.11 bits per heavy atom. The Labute approximate surface area is 57.4 Å². The Bertz CT molecular complexity index is 108. The molecule has 0 atom stereocenters. The third-order valence-electron chi connectivity index (χ3n) is 1.40. The van der Waals surface area contributed by atoms with Gasteiger partial charge < -0.3 is 4.74 Å². The molecule has 1 heteroatoms. The van der Waals surface area contributed by atoms with Gasteiger partial charge in [0.05, 0.1) is 5.60 Å². The standard InChI is InChI=1S/C8H14O/c1-5-7-9-8(3,4)6-2/h1H,6-7H2,2-4H3. The van der Waals surface area contributed by atoms with Gasteiger partial charge in [0, 0.05) is 0 Å². The van der Waals surface area contributed by atoms with Crippen LogP contribution in [-0.2, 0) is 4.74 Å². The van der Waals surface area contributed by atoms with E-state index in [2.05, 4.69) is 12.8 Å². The molecule has 52 valence electrons. The van der Waals surface area contributed by atoms with E-state index in [4.69, 9.17) is 11.2 Å². The number of ether oxygens (including phenoxy) is 1. The molecule has 0 bridgehead atoms. The van der Waals surface area contributed by atoms with Crippen LogP contribution in [0.15, 0.2) is 0 Å². The van der Waals surface area contributed by atoms with Gasteiger partial charge in [-0.1, -0.05) is 12.8 Å². The normalized spacial score (nSPS) is 10.9. The van der Waals surface area contributed by atoms with Crippen molar-refractivity contribution in [1.82, 2.24) is 0 Å². The molecule has 1 nitrogen and oxygen atoms in total. The summed E-state index contributed by atoms with van der Waals surface area (Å²) in [5, 5.41) is 0. The maximum absolute atomic E-state index is 5.29. The molecule has 0 aliphatic heterocycles. The molecule has 0 spiro atoms. The molecule has 0 aromatic carbocycles. The lowest BCUT2D eigenvalue weighted by atomic mass is 10.1. The van der Waals surface area contributed by atoms with Gasteiger partial charge in [-0.05, 0) is 20.3 Å². The maximum atomic E-state index is 5.29. The Balaban J connectivity index is 3.48. The van der Waals surface area contributed by atoms with Gasteiger partial charge in [0.2, 0.25) is 0 Å². The van der Waals surface area contributed by atoms with Gasteiger partial charge in [0.15, 0.2) is 0 Å². The van der Waals surface area contributed by atoms with E-state index in [0.29, 0.717) is 6.61 Å². The molecule has 0 N–H and O–H groups in total. The summed E-state index contributed by atoms with van der Waals surface area (Å²) in [5.74, 6) is 2.44. The third kappa shape index (κ3) is 4.05. The van der Waals surface area contributed by atoms with Gasteiger partial charge in [-0.2, -0.15) is 0 Å². The summed E-state index contributed by atoms with van der Waals surface area (Å²) in [6.07, 6.45) is 6.01. The molecule has 0 aliphatic carbocycles. The van der Waals surface area contributed by atoms with Crippen molar-refractivity contribution in [2.45, 2.75) is 32.8 Å². The highest BCUT2D eigenvalue weighted by atomic mass is 16.5. The summed E-state index contributed by atoms with van der Waals surface area (Å²) in [7, 11) is 0. The van der Waals surface area contributed by atoms with Crippen molar-refractivity contribution < 1.29 is 4.74 Å². The molecule has 0 saturated carbocycles. The minimum absolute atomic E-state index is 0.0492. The second-order valence-corrected chi connectivity index (χ2v) is 2.61. The quantitative estimate of drug-likeness (QED) is 0.524. The second kappa shape index (κ2) is 3.53. The van der Waals surface area contributed by atoms with Gasteiger partial charge in [-0.3, -0.25) is 0 Å². The number of terminal acetylenes is 1. The minimum atomic E-state index is -0.0492. The van der Waals surface area contributed by atoms with E-state index >= 15 is 0 Å². The van der Waals surface area contributed by atoms with Gasteiger partial charge in [0.1, 0.15) is 6.61 Å². The summed E-state index contributed by atoms with van der Waals surface area (Å²) in [4.78, 5) is 0. The zero-order valence-electron chi connectivity index (χ0n) is 6.40. The first-order valence-corrected chi connectivity index (χ1v) is 3.20. The Morgan fingerprint density at radius 3 is 2.44 bits per heavy atom. The summed E-state index contributed by atoms with van der Waals surface area (Å²) in [5.41, 5.74) is -0.0492. The minimum Gasteiger partial charge on any atom is -0.363 e. The van der Waals surface area contributed by atoms with Crippen LogP contribution in [0.4, 0.5) is 0 Å². The van der Waals surface area contributed by atoms with E-state index in [1.807, 2.05) is 13.8 Å². The van der Waals surface area contributed by atoms with Gasteiger partial charge in [-0.25, -0.2) is 0 Å². The topological polar surface area (TPSA) is 9.23 Å². The van der Waals surface area contributed by atoms with Crippen LogP contribution in [0.1, 0.15) is 27.2 Å². The van der Waals surface area contributed by atoms with Crippen molar-refractivity contribution in [2.75, 3.05) is 6.61 Å². The van der Waals surface area contributed by atoms with Crippen molar-refractivity contribution in [3.63, 3.8) is 0 Å². The molecule has 0 saturated heterocycles. The first-order valence-electron chi connectivity index (χ1n) is 3.20. The fraction of sp³-hybridized carbons (Fsp3) is 0.750. The maximum Gasteiger partial charge on any atom is 0.108 e. The molecule has 0 unspecified atom stereocenters. The first kappa shape index (κ1) is 8.52. The van der Waals surface area contributed by atoms with Gasteiger partial charge in [0.25, 0.3) is 0 Å². The van der Waals surface area contributed by atoms with Gasteiger partial charge >= 0.3 is 0 Å². The van der Waals surface area contributed by atoms with Crippen LogP contribution in [0.3, 0.4) is 0 Å². The van der Waals surface area contributed by atoms with Crippen LogP contribution in [0, 0.1) is 12.3 Å². The van der Waals surface area contributed by atoms with Crippen molar-refractivity contribution >= 4 is 0 Å². The average molecular weight is 126 g/mol. The van der Waals surface area contributed by atoms with Crippen LogP contribution in [0.25, 0.3) is 0 Å². The van der Waals surface area contributed by atoms with Crippen LogP contribution in [0.2, 0.25) is 0 Å². The van der Waals surface area contributed by atoms with Crippen LogP contribution in [-0.4, -0.2) is 12.2 Å². The molecule has 0 radical (unpaired) electrons. The van der Waals surface area contributed by atoms with E-state index in [1.54, 1.807) is 0 Å². The highest BCUT2D eigenvalue weighted by Gasteiger charge is 2.13. The molecule has 9 heavy (non-hydrogen) atoms. The molecule has 0 aromatic heterocycles. The lowest BCUT2D eigenvalue weighted by Crippen LogP contribution is -2.22. The Hall–Kier alpha value is -0.480. The molecule has 0 aromatic rings. The summed E-state index contributed by atoms with van der Waals surface area (Å²) < 4.78 is 5.29. The number of hydrogen-bond acceptors (Lipinski definition) is 1. The predicted molar refractivity (Wildman–Crippen MR) is 39.2 cm³/mol. The summed E-state index contributed by atoms with van der Waals surface area (Å²) >= 11 is 0. The average Bonchev–Trinajstić information content (AvgIpc) is 1.84. The number of hydrogen-bond donors (Lipinski definition) is 0. The first-order chi connectivity index (χ1) is 4.12. The zero-order valence-corrected chi connectivity index (χ0v) is 6.40. The highest BCUT2D eigenvalue weighted by molar-refractivity contribution is 4.84. The van der Waals surface area contributed by atoms with E-state index < -0.39 is 0 Å². The van der Waals surface area contributed by atoms with Crippen LogP contribution >= 0.6 is 0 Å². The summed E-state index contributed by atoms with van der Waals surface area (Å²) in [6.45, 7) is 6.56. The van der Waals surface area contributed by atoms with Gasteiger partial charge in [-0.15, -0.1) is 6.42 Å². The van der Waals surface area contributed by atoms with Crippen LogP contribution in [0.5, 0.6) is 0 Å². The Morgan fingerprint density at radius 1 is 1.56 bits per heavy atom. The molecule has 0 rings (SSSR count).